The van der Waals surface area contributed by atoms with Crippen LogP contribution in [0.2, 0.25) is 0 Å². The fourth-order valence-corrected chi connectivity index (χ4v) is 9.20. The molecule has 0 saturated heterocycles. The molecule has 0 saturated carbocycles. The summed E-state index contributed by atoms with van der Waals surface area (Å²) in [5.74, 6) is 1.83. The molecule has 0 atom stereocenters. The zero-order valence-electron chi connectivity index (χ0n) is 33.6. The van der Waals surface area contributed by atoms with Gasteiger partial charge >= 0.3 is 0 Å². The van der Waals surface area contributed by atoms with Crippen molar-refractivity contribution in [2.24, 2.45) is 0 Å². The Morgan fingerprint density at radius 2 is 0.742 bits per heavy atom. The largest absolute Gasteiger partial charge is 0.309 e. The van der Waals surface area contributed by atoms with Gasteiger partial charge in [-0.25, -0.2) is 15.0 Å². The van der Waals surface area contributed by atoms with Gasteiger partial charge in [0, 0.05) is 49.6 Å². The van der Waals surface area contributed by atoms with Gasteiger partial charge in [0.1, 0.15) is 0 Å². The van der Waals surface area contributed by atoms with Gasteiger partial charge < -0.3 is 9.13 Å². The second kappa shape index (κ2) is 14.7. The predicted octanol–water partition coefficient (Wildman–Crippen LogP) is 14.4. The number of nitrogens with zero attached hydrogens (tertiary/aromatic N) is 5. The molecule has 12 rings (SSSR count). The van der Waals surface area contributed by atoms with Crippen molar-refractivity contribution in [3.05, 3.63) is 224 Å². The molecule has 0 radical (unpaired) electrons. The number of aromatic nitrogens is 5. The van der Waals surface area contributed by atoms with Gasteiger partial charge in [0.25, 0.3) is 0 Å². The Morgan fingerprint density at radius 1 is 0.258 bits per heavy atom. The lowest BCUT2D eigenvalue weighted by Gasteiger charge is -2.14. The van der Waals surface area contributed by atoms with Crippen molar-refractivity contribution in [3.63, 3.8) is 0 Å². The number of fused-ring (bicyclic) bond motifs is 6. The van der Waals surface area contributed by atoms with Crippen molar-refractivity contribution in [1.29, 1.82) is 0 Å². The first-order chi connectivity index (χ1) is 30.8. The molecule has 0 fully saturated rings. The molecule has 0 aliphatic carbocycles. The molecular weight excluding hydrogens is 755 g/mol. The van der Waals surface area contributed by atoms with E-state index in [1.165, 1.54) is 16.3 Å². The summed E-state index contributed by atoms with van der Waals surface area (Å²) >= 11 is 0. The van der Waals surface area contributed by atoms with Gasteiger partial charge in [-0.05, 0) is 76.9 Å². The monoisotopic (exact) mass is 791 g/mol. The third-order valence-electron chi connectivity index (χ3n) is 12.0. The van der Waals surface area contributed by atoms with Crippen LogP contribution in [0.15, 0.2) is 224 Å². The van der Waals surface area contributed by atoms with Crippen LogP contribution in [0.4, 0.5) is 0 Å². The highest BCUT2D eigenvalue weighted by Crippen LogP contribution is 2.41. The molecule has 0 aliphatic rings. The second-order valence-electron chi connectivity index (χ2n) is 15.6. The van der Waals surface area contributed by atoms with E-state index in [9.17, 15) is 0 Å². The van der Waals surface area contributed by atoms with Crippen molar-refractivity contribution < 1.29 is 0 Å². The highest BCUT2D eigenvalue weighted by atomic mass is 15.0. The standard InChI is InChI=1S/C57H37N5/c1-4-18-38(19-5-1)39-20-16-21-40(36-39)44-26-10-11-28-47(44)56-58-55(41-34-35-46-45-27-12-14-31-50(45)62(53(46)37-41)43-24-8-3-9-25-43)59-57(60-56)49-30-17-33-52-54(49)48-29-13-15-32-51(48)61(52)42-22-6-2-7-23-42/h1-37H. The zero-order chi connectivity index (χ0) is 41.0. The van der Waals surface area contributed by atoms with Gasteiger partial charge in [-0.2, -0.15) is 0 Å². The molecule has 12 aromatic rings. The molecule has 3 aromatic heterocycles. The molecule has 290 valence electrons. The van der Waals surface area contributed by atoms with Crippen LogP contribution in [-0.4, -0.2) is 24.1 Å². The lowest BCUT2D eigenvalue weighted by atomic mass is 9.95. The summed E-state index contributed by atoms with van der Waals surface area (Å²) in [7, 11) is 0. The van der Waals surface area contributed by atoms with Crippen molar-refractivity contribution >= 4 is 43.6 Å². The molecule has 5 heteroatoms. The molecule has 0 aliphatic heterocycles. The van der Waals surface area contributed by atoms with Crippen LogP contribution in [0, 0.1) is 0 Å². The minimum absolute atomic E-state index is 0.605. The number of para-hydroxylation sites is 4. The van der Waals surface area contributed by atoms with Crippen LogP contribution in [0.25, 0.3) is 111 Å². The van der Waals surface area contributed by atoms with Crippen LogP contribution in [0.5, 0.6) is 0 Å². The Kier molecular flexibility index (Phi) is 8.42. The first-order valence-corrected chi connectivity index (χ1v) is 21.0. The number of hydrogen-bond donors (Lipinski definition) is 0. The average molecular weight is 792 g/mol. The number of rotatable bonds is 7. The third-order valence-corrected chi connectivity index (χ3v) is 12.0. The van der Waals surface area contributed by atoms with Crippen LogP contribution in [-0.2, 0) is 0 Å². The number of benzene rings is 9. The Balaban J connectivity index is 1.12. The van der Waals surface area contributed by atoms with Gasteiger partial charge in [0.05, 0.1) is 22.1 Å². The third kappa shape index (κ3) is 5.90. The first-order valence-electron chi connectivity index (χ1n) is 21.0. The maximum atomic E-state index is 5.43. The topological polar surface area (TPSA) is 48.5 Å². The SMILES string of the molecule is c1ccc(-c2cccc(-c3ccccc3-c3nc(-c4ccc5c6ccccc6n(-c6ccccc6)c5c4)nc(-c4cccc5c4c4ccccc4n5-c4ccccc4)n3)c2)cc1. The van der Waals surface area contributed by atoms with E-state index in [0.29, 0.717) is 17.5 Å². The lowest BCUT2D eigenvalue weighted by molar-refractivity contribution is 1.08. The van der Waals surface area contributed by atoms with Crippen molar-refractivity contribution in [1.82, 2.24) is 24.1 Å². The van der Waals surface area contributed by atoms with Crippen molar-refractivity contribution in [3.8, 4) is 67.8 Å². The van der Waals surface area contributed by atoms with Gasteiger partial charge in [-0.15, -0.1) is 0 Å². The molecule has 0 unspecified atom stereocenters. The molecule has 62 heavy (non-hydrogen) atoms. The van der Waals surface area contributed by atoms with Gasteiger partial charge in [0.15, 0.2) is 17.5 Å². The minimum Gasteiger partial charge on any atom is -0.309 e. The summed E-state index contributed by atoms with van der Waals surface area (Å²) in [5.41, 5.74) is 13.9. The molecule has 5 nitrogen and oxygen atoms in total. The minimum atomic E-state index is 0.605. The lowest BCUT2D eigenvalue weighted by Crippen LogP contribution is -2.02. The summed E-state index contributed by atoms with van der Waals surface area (Å²) in [5, 5.41) is 4.60. The van der Waals surface area contributed by atoms with E-state index in [-0.39, 0.29) is 0 Å². The Hall–Kier alpha value is -8.41. The molecule has 0 amide bonds. The molecule has 3 heterocycles. The van der Waals surface area contributed by atoms with Crippen LogP contribution >= 0.6 is 0 Å². The maximum Gasteiger partial charge on any atom is 0.164 e. The summed E-state index contributed by atoms with van der Waals surface area (Å²) in [6.45, 7) is 0. The Morgan fingerprint density at radius 3 is 1.48 bits per heavy atom. The van der Waals surface area contributed by atoms with Gasteiger partial charge in [-0.3, -0.25) is 0 Å². The fraction of sp³-hybridized carbons (Fsp3) is 0. The van der Waals surface area contributed by atoms with E-state index in [0.717, 1.165) is 77.6 Å². The van der Waals surface area contributed by atoms with E-state index < -0.39 is 0 Å². The van der Waals surface area contributed by atoms with Crippen LogP contribution < -0.4 is 0 Å². The van der Waals surface area contributed by atoms with Gasteiger partial charge in [-0.1, -0.05) is 170 Å². The zero-order valence-corrected chi connectivity index (χ0v) is 33.6. The number of hydrogen-bond acceptors (Lipinski definition) is 3. The second-order valence-corrected chi connectivity index (χ2v) is 15.6. The first kappa shape index (κ1) is 35.5. The highest BCUT2D eigenvalue weighted by Gasteiger charge is 2.22. The van der Waals surface area contributed by atoms with Crippen molar-refractivity contribution in [2.45, 2.75) is 0 Å². The van der Waals surface area contributed by atoms with E-state index >= 15 is 0 Å². The quantitative estimate of drug-likeness (QED) is 0.162. The molecule has 0 bridgehead atoms. The van der Waals surface area contributed by atoms with Crippen LogP contribution in [0.1, 0.15) is 0 Å². The fourth-order valence-electron chi connectivity index (χ4n) is 9.20. The van der Waals surface area contributed by atoms with Crippen molar-refractivity contribution in [2.75, 3.05) is 0 Å². The normalized spacial score (nSPS) is 11.5. The van der Waals surface area contributed by atoms with E-state index in [1.54, 1.807) is 0 Å². The summed E-state index contributed by atoms with van der Waals surface area (Å²) in [4.78, 5) is 16.2. The predicted molar refractivity (Wildman–Crippen MR) is 256 cm³/mol. The Labute approximate surface area is 358 Å². The van der Waals surface area contributed by atoms with E-state index in [4.69, 9.17) is 15.0 Å². The Bertz CT molecular complexity index is 3620. The van der Waals surface area contributed by atoms with Crippen LogP contribution in [0.3, 0.4) is 0 Å². The van der Waals surface area contributed by atoms with E-state index in [1.807, 2.05) is 0 Å². The molecule has 9 aromatic carbocycles. The molecule has 0 N–H and O–H groups in total. The maximum absolute atomic E-state index is 5.43. The molecular formula is C57H37N5. The van der Waals surface area contributed by atoms with E-state index in [2.05, 4.69) is 234 Å². The average Bonchev–Trinajstić information content (AvgIpc) is 3.87. The smallest absolute Gasteiger partial charge is 0.164 e. The van der Waals surface area contributed by atoms with Gasteiger partial charge in [0.2, 0.25) is 0 Å². The summed E-state index contributed by atoms with van der Waals surface area (Å²) < 4.78 is 4.67. The molecule has 0 spiro atoms. The summed E-state index contributed by atoms with van der Waals surface area (Å²) in [6.07, 6.45) is 0. The summed E-state index contributed by atoms with van der Waals surface area (Å²) in [6, 6.07) is 79.1. The highest BCUT2D eigenvalue weighted by molar-refractivity contribution is 6.15.